The van der Waals surface area contributed by atoms with Gasteiger partial charge >= 0.3 is 0 Å². The van der Waals surface area contributed by atoms with Crippen LogP contribution < -0.4 is 5.32 Å². The Labute approximate surface area is 104 Å². The molecule has 0 aliphatic heterocycles. The number of H-pyrrole nitrogens is 1. The van der Waals surface area contributed by atoms with E-state index in [0.29, 0.717) is 0 Å². The normalized spacial score (nSPS) is 13.9. The molecule has 1 heterocycles. The van der Waals surface area contributed by atoms with Gasteiger partial charge in [-0.15, -0.1) is 0 Å². The maximum atomic E-state index is 9.52. The van der Waals surface area contributed by atoms with Crippen molar-refractivity contribution in [2.24, 2.45) is 5.41 Å². The molecule has 0 aliphatic carbocycles. The fourth-order valence-corrected chi connectivity index (χ4v) is 2.06. The third-order valence-corrected chi connectivity index (χ3v) is 3.95. The van der Waals surface area contributed by atoms with Crippen molar-refractivity contribution in [3.05, 3.63) is 17.5 Å². The van der Waals surface area contributed by atoms with Crippen LogP contribution in [0.1, 0.15) is 50.9 Å². The molecule has 0 radical (unpaired) electrons. The number of nitrogens with one attached hydrogen (secondary N) is 2. The number of nitrogens with zero attached hydrogens (tertiary/aromatic N) is 1. The first kappa shape index (κ1) is 14.2. The Morgan fingerprint density at radius 2 is 2.12 bits per heavy atom. The molecule has 4 nitrogen and oxygen atoms in total. The Bertz CT molecular complexity index is 323. The molecule has 0 fully saturated rings. The number of hydrogen-bond donors (Lipinski definition) is 3. The van der Waals surface area contributed by atoms with Crippen molar-refractivity contribution in [2.75, 3.05) is 13.2 Å². The lowest BCUT2D eigenvalue weighted by Crippen LogP contribution is -2.37. The molecule has 0 amide bonds. The Morgan fingerprint density at radius 1 is 1.47 bits per heavy atom. The van der Waals surface area contributed by atoms with E-state index in [9.17, 15) is 5.11 Å². The number of aryl methyl sites for hydroxylation is 1. The zero-order chi connectivity index (χ0) is 12.9. The van der Waals surface area contributed by atoms with Gasteiger partial charge in [0, 0.05) is 35.9 Å². The molecule has 0 saturated carbocycles. The predicted octanol–water partition coefficient (Wildman–Crippen LogP) is 2.17. The van der Waals surface area contributed by atoms with Crippen LogP contribution in [0.5, 0.6) is 0 Å². The lowest BCUT2D eigenvalue weighted by molar-refractivity contribution is 0.110. The molecule has 0 aromatic carbocycles. The summed E-state index contributed by atoms with van der Waals surface area (Å²) in [5.74, 6) is 0. The van der Waals surface area contributed by atoms with E-state index in [1.165, 1.54) is 5.56 Å². The summed E-state index contributed by atoms with van der Waals surface area (Å²) in [4.78, 5) is 0. The van der Waals surface area contributed by atoms with E-state index in [1.807, 2.05) is 13.1 Å². The fourth-order valence-electron chi connectivity index (χ4n) is 2.06. The number of rotatable bonds is 7. The minimum absolute atomic E-state index is 0.00585. The Balaban J connectivity index is 2.58. The maximum absolute atomic E-state index is 9.52. The lowest BCUT2D eigenvalue weighted by Gasteiger charge is -2.31. The largest absolute Gasteiger partial charge is 0.396 e. The molecule has 0 bridgehead atoms. The molecule has 4 heteroatoms. The van der Waals surface area contributed by atoms with Gasteiger partial charge in [0.05, 0.1) is 6.20 Å². The van der Waals surface area contributed by atoms with E-state index in [4.69, 9.17) is 0 Å². The molecule has 1 unspecified atom stereocenters. The average molecular weight is 239 g/mol. The summed E-state index contributed by atoms with van der Waals surface area (Å²) < 4.78 is 0. The van der Waals surface area contributed by atoms with Crippen LogP contribution in [0.25, 0.3) is 0 Å². The average Bonchev–Trinajstić information content (AvgIpc) is 2.78. The van der Waals surface area contributed by atoms with Gasteiger partial charge in [0.25, 0.3) is 0 Å². The van der Waals surface area contributed by atoms with Crippen molar-refractivity contribution >= 4 is 0 Å². The highest BCUT2D eigenvalue weighted by molar-refractivity contribution is 5.18. The molecule has 1 aromatic heterocycles. The van der Waals surface area contributed by atoms with E-state index in [-0.39, 0.29) is 18.1 Å². The van der Waals surface area contributed by atoms with Crippen LogP contribution in [0.4, 0.5) is 0 Å². The van der Waals surface area contributed by atoms with Crippen LogP contribution in [0.15, 0.2) is 6.20 Å². The van der Waals surface area contributed by atoms with Crippen LogP contribution >= 0.6 is 0 Å². The standard InChI is InChI=1S/C13H25N3O/c1-5-13(6-2,9-17)8-14-10(3)12-7-15-16-11(12)4/h7,10,14,17H,5-6,8-9H2,1-4H3,(H,15,16). The number of aliphatic hydroxyl groups is 1. The highest BCUT2D eigenvalue weighted by Crippen LogP contribution is 2.26. The van der Waals surface area contributed by atoms with Crippen molar-refractivity contribution in [1.82, 2.24) is 15.5 Å². The summed E-state index contributed by atoms with van der Waals surface area (Å²) in [6.07, 6.45) is 3.85. The first-order chi connectivity index (χ1) is 8.08. The van der Waals surface area contributed by atoms with Gasteiger partial charge < -0.3 is 10.4 Å². The lowest BCUT2D eigenvalue weighted by atomic mass is 9.83. The molecule has 0 saturated heterocycles. The Morgan fingerprint density at radius 3 is 2.53 bits per heavy atom. The van der Waals surface area contributed by atoms with Crippen molar-refractivity contribution in [3.63, 3.8) is 0 Å². The molecule has 1 aromatic rings. The van der Waals surface area contributed by atoms with Gasteiger partial charge in [-0.05, 0) is 26.7 Å². The van der Waals surface area contributed by atoms with E-state index < -0.39 is 0 Å². The molecule has 0 spiro atoms. The van der Waals surface area contributed by atoms with E-state index in [0.717, 1.165) is 25.1 Å². The van der Waals surface area contributed by atoms with Gasteiger partial charge in [-0.3, -0.25) is 5.10 Å². The second kappa shape index (κ2) is 6.17. The van der Waals surface area contributed by atoms with Crippen molar-refractivity contribution in [2.45, 2.75) is 46.6 Å². The first-order valence-electron chi connectivity index (χ1n) is 6.42. The quantitative estimate of drug-likeness (QED) is 0.683. The van der Waals surface area contributed by atoms with Gasteiger partial charge in [0.2, 0.25) is 0 Å². The van der Waals surface area contributed by atoms with Crippen LogP contribution in [0.3, 0.4) is 0 Å². The van der Waals surface area contributed by atoms with Gasteiger partial charge in [0.1, 0.15) is 0 Å². The summed E-state index contributed by atoms with van der Waals surface area (Å²) >= 11 is 0. The zero-order valence-corrected chi connectivity index (χ0v) is 11.4. The van der Waals surface area contributed by atoms with Crippen LogP contribution in [-0.4, -0.2) is 28.5 Å². The molecule has 0 aliphatic rings. The van der Waals surface area contributed by atoms with Gasteiger partial charge in [-0.1, -0.05) is 13.8 Å². The number of aliphatic hydroxyl groups excluding tert-OH is 1. The SMILES string of the molecule is CCC(CC)(CO)CNC(C)c1cn[nH]c1C. The molecule has 98 valence electrons. The highest BCUT2D eigenvalue weighted by Gasteiger charge is 2.25. The summed E-state index contributed by atoms with van der Waals surface area (Å²) in [6.45, 7) is 9.50. The fraction of sp³-hybridized carbons (Fsp3) is 0.769. The molecule has 1 atom stereocenters. The molecule has 3 N–H and O–H groups in total. The number of aromatic amines is 1. The summed E-state index contributed by atoms with van der Waals surface area (Å²) in [5.41, 5.74) is 2.31. The Kier molecular flexibility index (Phi) is 5.15. The van der Waals surface area contributed by atoms with E-state index in [2.05, 4.69) is 36.3 Å². The molecule has 1 rings (SSSR count). The second-order valence-corrected chi connectivity index (χ2v) is 4.92. The van der Waals surface area contributed by atoms with E-state index >= 15 is 0 Å². The van der Waals surface area contributed by atoms with Crippen LogP contribution in [0, 0.1) is 12.3 Å². The van der Waals surface area contributed by atoms with Gasteiger partial charge in [-0.2, -0.15) is 5.10 Å². The Hall–Kier alpha value is -0.870. The van der Waals surface area contributed by atoms with Crippen LogP contribution in [0.2, 0.25) is 0 Å². The first-order valence-corrected chi connectivity index (χ1v) is 6.42. The van der Waals surface area contributed by atoms with Crippen molar-refractivity contribution in [1.29, 1.82) is 0 Å². The van der Waals surface area contributed by atoms with Crippen molar-refractivity contribution < 1.29 is 5.11 Å². The third kappa shape index (κ3) is 3.30. The second-order valence-electron chi connectivity index (χ2n) is 4.92. The third-order valence-electron chi connectivity index (χ3n) is 3.95. The molecular weight excluding hydrogens is 214 g/mol. The number of aromatic nitrogens is 2. The maximum Gasteiger partial charge on any atom is 0.0537 e. The smallest absolute Gasteiger partial charge is 0.0537 e. The zero-order valence-electron chi connectivity index (χ0n) is 11.4. The van der Waals surface area contributed by atoms with E-state index in [1.54, 1.807) is 0 Å². The summed E-state index contributed by atoms with van der Waals surface area (Å²) in [7, 11) is 0. The number of hydrogen-bond acceptors (Lipinski definition) is 3. The van der Waals surface area contributed by atoms with Gasteiger partial charge in [0.15, 0.2) is 0 Å². The van der Waals surface area contributed by atoms with Crippen molar-refractivity contribution in [3.8, 4) is 0 Å². The minimum atomic E-state index is 0.00585. The summed E-state index contributed by atoms with van der Waals surface area (Å²) in [6, 6.07) is 0.262. The topological polar surface area (TPSA) is 60.9 Å². The van der Waals surface area contributed by atoms with Gasteiger partial charge in [-0.25, -0.2) is 0 Å². The summed E-state index contributed by atoms with van der Waals surface area (Å²) in [5, 5.41) is 20.0. The monoisotopic (exact) mass is 239 g/mol. The molecule has 17 heavy (non-hydrogen) atoms. The minimum Gasteiger partial charge on any atom is -0.396 e. The van der Waals surface area contributed by atoms with Crippen LogP contribution in [-0.2, 0) is 0 Å². The predicted molar refractivity (Wildman–Crippen MR) is 69.8 cm³/mol. The highest BCUT2D eigenvalue weighted by atomic mass is 16.3. The molecular formula is C13H25N3O.